The normalized spacial score (nSPS) is 21.7. The van der Waals surface area contributed by atoms with E-state index >= 15 is 0 Å². The van der Waals surface area contributed by atoms with Crippen LogP contribution in [0.3, 0.4) is 0 Å². The van der Waals surface area contributed by atoms with E-state index in [1.54, 1.807) is 0 Å². The van der Waals surface area contributed by atoms with E-state index in [0.29, 0.717) is 12.2 Å². The van der Waals surface area contributed by atoms with E-state index < -0.39 is 0 Å². The number of nitrogens with zero attached hydrogens (tertiary/aromatic N) is 1. The summed E-state index contributed by atoms with van der Waals surface area (Å²) in [7, 11) is 0. The molecule has 1 aromatic rings. The van der Waals surface area contributed by atoms with Crippen molar-refractivity contribution in [2.45, 2.75) is 85.4 Å². The van der Waals surface area contributed by atoms with Crippen LogP contribution in [0.4, 0.5) is 5.69 Å². The number of unbranched alkanes of at least 4 members (excludes halogenated alkanes) is 4. The molecule has 2 atom stereocenters. The average molecular weight is 318 g/mol. The van der Waals surface area contributed by atoms with Crippen LogP contribution in [-0.2, 0) is 11.2 Å². The summed E-state index contributed by atoms with van der Waals surface area (Å²) in [4.78, 5) is 2.52. The van der Waals surface area contributed by atoms with E-state index in [2.05, 4.69) is 51.7 Å². The van der Waals surface area contributed by atoms with Crippen LogP contribution < -0.4 is 4.90 Å². The number of aryl methyl sites for hydroxylation is 3. The molecule has 0 aromatic heterocycles. The molecule has 2 rings (SSSR count). The van der Waals surface area contributed by atoms with Gasteiger partial charge in [-0.3, -0.25) is 0 Å². The third-order valence-electron chi connectivity index (χ3n) is 4.86. The minimum Gasteiger partial charge on any atom is -0.372 e. The van der Waals surface area contributed by atoms with Crippen molar-refractivity contribution in [3.63, 3.8) is 0 Å². The first-order chi connectivity index (χ1) is 11.0. The predicted octanol–water partition coefficient (Wildman–Crippen LogP) is 5.43. The molecule has 1 fully saturated rings. The van der Waals surface area contributed by atoms with Crippen molar-refractivity contribution in [1.82, 2.24) is 0 Å². The van der Waals surface area contributed by atoms with Crippen molar-refractivity contribution in [3.05, 3.63) is 28.8 Å². The Kier molecular flexibility index (Phi) is 6.95. The number of hydrogen-bond donors (Lipinski definition) is 0. The van der Waals surface area contributed by atoms with Crippen molar-refractivity contribution in [1.29, 1.82) is 0 Å². The summed E-state index contributed by atoms with van der Waals surface area (Å²) in [6.45, 7) is 13.2. The lowest BCUT2D eigenvalue weighted by molar-refractivity contribution is -0.00527. The molecule has 1 heterocycles. The van der Waals surface area contributed by atoms with E-state index in [0.717, 1.165) is 13.1 Å². The maximum atomic E-state index is 5.88. The molecule has 1 aromatic carbocycles. The summed E-state index contributed by atoms with van der Waals surface area (Å²) in [5.41, 5.74) is 5.79. The molecule has 0 spiro atoms. The molecule has 0 bridgehead atoms. The first-order valence-corrected chi connectivity index (χ1v) is 9.51. The monoisotopic (exact) mass is 317 g/mol. The summed E-state index contributed by atoms with van der Waals surface area (Å²) in [6.07, 6.45) is 8.63. The largest absolute Gasteiger partial charge is 0.372 e. The van der Waals surface area contributed by atoms with E-state index in [1.807, 2.05) is 0 Å². The zero-order valence-electron chi connectivity index (χ0n) is 15.8. The van der Waals surface area contributed by atoms with Crippen LogP contribution in [0.2, 0.25) is 0 Å². The minimum atomic E-state index is 0.316. The van der Waals surface area contributed by atoms with Crippen molar-refractivity contribution < 1.29 is 4.74 Å². The highest BCUT2D eigenvalue weighted by atomic mass is 16.5. The fourth-order valence-electron chi connectivity index (χ4n) is 3.98. The first-order valence-electron chi connectivity index (χ1n) is 9.51. The van der Waals surface area contributed by atoms with Crippen molar-refractivity contribution >= 4 is 5.69 Å². The lowest BCUT2D eigenvalue weighted by atomic mass is 9.98. The van der Waals surface area contributed by atoms with Gasteiger partial charge in [0.2, 0.25) is 0 Å². The molecule has 0 saturated carbocycles. The Bertz CT molecular complexity index is 464. The Labute approximate surface area is 143 Å². The standard InChI is InChI=1S/C21H35NO/c1-6-7-8-9-10-11-20-12-16(2)21(17(3)13-20)22-14-18(4)23-19(5)15-22/h12-13,18-19H,6-11,14-15H2,1-5H3/t18-,19+. The minimum absolute atomic E-state index is 0.316. The van der Waals surface area contributed by atoms with Crippen molar-refractivity contribution in [2.24, 2.45) is 0 Å². The molecule has 0 aliphatic carbocycles. The summed E-state index contributed by atoms with van der Waals surface area (Å²) in [5.74, 6) is 0. The molecule has 0 radical (unpaired) electrons. The number of morpholine rings is 1. The molecule has 2 heteroatoms. The Morgan fingerprint density at radius 3 is 2.09 bits per heavy atom. The van der Waals surface area contributed by atoms with Gasteiger partial charge in [-0.05, 0) is 57.2 Å². The van der Waals surface area contributed by atoms with Gasteiger partial charge in [-0.1, -0.05) is 44.7 Å². The topological polar surface area (TPSA) is 12.5 Å². The van der Waals surface area contributed by atoms with E-state index in [1.165, 1.54) is 60.9 Å². The molecular weight excluding hydrogens is 282 g/mol. The fraction of sp³-hybridized carbons (Fsp3) is 0.714. The van der Waals surface area contributed by atoms with Crippen LogP contribution in [0, 0.1) is 13.8 Å². The molecule has 1 aliphatic rings. The molecule has 23 heavy (non-hydrogen) atoms. The van der Waals surface area contributed by atoms with Gasteiger partial charge in [-0.15, -0.1) is 0 Å². The second-order valence-electron chi connectivity index (χ2n) is 7.40. The number of rotatable bonds is 7. The lowest BCUT2D eigenvalue weighted by Gasteiger charge is -2.38. The Morgan fingerprint density at radius 2 is 1.52 bits per heavy atom. The highest BCUT2D eigenvalue weighted by Gasteiger charge is 2.24. The molecule has 0 N–H and O–H groups in total. The van der Waals surface area contributed by atoms with Crippen molar-refractivity contribution in [2.75, 3.05) is 18.0 Å². The van der Waals surface area contributed by atoms with E-state index in [4.69, 9.17) is 4.74 Å². The molecule has 1 aliphatic heterocycles. The average Bonchev–Trinajstić information content (AvgIpc) is 2.45. The van der Waals surface area contributed by atoms with Gasteiger partial charge in [0, 0.05) is 18.8 Å². The van der Waals surface area contributed by atoms with Crippen LogP contribution in [0.25, 0.3) is 0 Å². The number of benzene rings is 1. The van der Waals surface area contributed by atoms with Crippen LogP contribution in [0.5, 0.6) is 0 Å². The predicted molar refractivity (Wildman–Crippen MR) is 101 cm³/mol. The second-order valence-corrected chi connectivity index (χ2v) is 7.40. The van der Waals surface area contributed by atoms with Gasteiger partial charge >= 0.3 is 0 Å². The fourth-order valence-corrected chi connectivity index (χ4v) is 3.98. The SMILES string of the molecule is CCCCCCCc1cc(C)c(N2C[C@@H](C)O[C@@H](C)C2)c(C)c1. The molecule has 2 nitrogen and oxygen atoms in total. The summed E-state index contributed by atoms with van der Waals surface area (Å²) in [6, 6.07) is 4.82. The van der Waals surface area contributed by atoms with Gasteiger partial charge in [0.05, 0.1) is 12.2 Å². The number of hydrogen-bond acceptors (Lipinski definition) is 2. The Morgan fingerprint density at radius 1 is 0.957 bits per heavy atom. The Balaban J connectivity index is 2.02. The van der Waals surface area contributed by atoms with Crippen LogP contribution >= 0.6 is 0 Å². The van der Waals surface area contributed by atoms with Gasteiger partial charge in [-0.2, -0.15) is 0 Å². The van der Waals surface area contributed by atoms with E-state index in [-0.39, 0.29) is 0 Å². The number of anilines is 1. The summed E-state index contributed by atoms with van der Waals surface area (Å²) >= 11 is 0. The van der Waals surface area contributed by atoms with Crippen LogP contribution in [0.1, 0.15) is 69.6 Å². The van der Waals surface area contributed by atoms with Gasteiger partial charge in [0.25, 0.3) is 0 Å². The second kappa shape index (κ2) is 8.73. The quantitative estimate of drug-likeness (QED) is 0.622. The third kappa shape index (κ3) is 5.24. The van der Waals surface area contributed by atoms with Gasteiger partial charge in [-0.25, -0.2) is 0 Å². The van der Waals surface area contributed by atoms with Crippen LogP contribution in [0.15, 0.2) is 12.1 Å². The highest BCUT2D eigenvalue weighted by molar-refractivity contribution is 5.60. The van der Waals surface area contributed by atoms with Gasteiger partial charge < -0.3 is 9.64 Å². The third-order valence-corrected chi connectivity index (χ3v) is 4.86. The van der Waals surface area contributed by atoms with Crippen molar-refractivity contribution in [3.8, 4) is 0 Å². The molecule has 1 saturated heterocycles. The summed E-state index contributed by atoms with van der Waals surface area (Å²) < 4.78 is 5.88. The number of ether oxygens (including phenoxy) is 1. The van der Waals surface area contributed by atoms with Gasteiger partial charge in [0.1, 0.15) is 0 Å². The maximum absolute atomic E-state index is 5.88. The zero-order chi connectivity index (χ0) is 16.8. The Hall–Kier alpha value is -1.02. The smallest absolute Gasteiger partial charge is 0.0726 e. The maximum Gasteiger partial charge on any atom is 0.0726 e. The molecule has 0 amide bonds. The van der Waals surface area contributed by atoms with Crippen LogP contribution in [-0.4, -0.2) is 25.3 Å². The molecule has 0 unspecified atom stereocenters. The van der Waals surface area contributed by atoms with E-state index in [9.17, 15) is 0 Å². The summed E-state index contributed by atoms with van der Waals surface area (Å²) in [5, 5.41) is 0. The zero-order valence-corrected chi connectivity index (χ0v) is 15.8. The van der Waals surface area contributed by atoms with Gasteiger partial charge in [0.15, 0.2) is 0 Å². The first kappa shape index (κ1) is 18.3. The molecular formula is C21H35NO. The highest BCUT2D eigenvalue weighted by Crippen LogP contribution is 2.29. The lowest BCUT2D eigenvalue weighted by Crippen LogP contribution is -2.46. The molecule has 130 valence electrons.